The number of carbonyl (C=O) groups excluding carboxylic acids is 2. The molecule has 0 spiro atoms. The lowest BCUT2D eigenvalue weighted by Crippen LogP contribution is -2.48. The number of nitrogens with one attached hydrogen (secondary N) is 1. The van der Waals surface area contributed by atoms with Crippen LogP contribution in [0.3, 0.4) is 0 Å². The molecule has 1 aliphatic heterocycles. The van der Waals surface area contributed by atoms with Crippen molar-refractivity contribution < 1.29 is 19.1 Å². The van der Waals surface area contributed by atoms with Crippen LogP contribution in [0.5, 0.6) is 0 Å². The Morgan fingerprint density at radius 1 is 1.15 bits per heavy atom. The Morgan fingerprint density at radius 3 is 2.33 bits per heavy atom. The standard InChI is InChI=1S/C19H26IN3O4/c1-18(2,3)26-16(24)22-15-21-11-14(12-8-7-9-13(20)10-12)23(15)17(25)27-19(4,5)6/h7-10,14H,11H2,1-6H3,(H,21,22,24). The van der Waals surface area contributed by atoms with Gasteiger partial charge in [-0.3, -0.25) is 5.32 Å². The Balaban J connectivity index is 2.27. The summed E-state index contributed by atoms with van der Waals surface area (Å²) in [5, 5.41) is 2.58. The van der Waals surface area contributed by atoms with Gasteiger partial charge >= 0.3 is 12.2 Å². The molecule has 0 aliphatic carbocycles. The summed E-state index contributed by atoms with van der Waals surface area (Å²) in [6.07, 6.45) is -1.24. The average molecular weight is 487 g/mol. The molecule has 1 aromatic rings. The van der Waals surface area contributed by atoms with Gasteiger partial charge in [0.25, 0.3) is 0 Å². The molecule has 27 heavy (non-hydrogen) atoms. The molecule has 0 bridgehead atoms. The number of hydrogen-bond acceptors (Lipinski definition) is 5. The lowest BCUT2D eigenvalue weighted by molar-refractivity contribution is 0.0321. The number of nitrogens with zero attached hydrogens (tertiary/aromatic N) is 2. The zero-order chi connectivity index (χ0) is 20.4. The number of benzene rings is 1. The normalized spacial score (nSPS) is 17.4. The van der Waals surface area contributed by atoms with E-state index in [1.54, 1.807) is 41.5 Å². The van der Waals surface area contributed by atoms with E-state index in [-0.39, 0.29) is 12.0 Å². The van der Waals surface area contributed by atoms with Crippen molar-refractivity contribution in [3.05, 3.63) is 33.4 Å². The quantitative estimate of drug-likeness (QED) is 0.594. The van der Waals surface area contributed by atoms with Crippen LogP contribution in [-0.2, 0) is 9.47 Å². The maximum atomic E-state index is 12.8. The van der Waals surface area contributed by atoms with E-state index in [1.807, 2.05) is 24.3 Å². The highest BCUT2D eigenvalue weighted by Gasteiger charge is 2.38. The van der Waals surface area contributed by atoms with E-state index in [2.05, 4.69) is 32.9 Å². The number of amides is 2. The summed E-state index contributed by atoms with van der Waals surface area (Å²) in [7, 11) is 0. The van der Waals surface area contributed by atoms with Crippen molar-refractivity contribution in [2.75, 3.05) is 6.54 Å². The molecule has 0 fully saturated rings. The van der Waals surface area contributed by atoms with Crippen LogP contribution in [0.4, 0.5) is 9.59 Å². The third-order valence-electron chi connectivity index (χ3n) is 3.39. The highest BCUT2D eigenvalue weighted by Crippen LogP contribution is 2.29. The monoisotopic (exact) mass is 487 g/mol. The lowest BCUT2D eigenvalue weighted by atomic mass is 10.1. The molecule has 0 saturated carbocycles. The van der Waals surface area contributed by atoms with Crippen LogP contribution in [0.1, 0.15) is 53.1 Å². The van der Waals surface area contributed by atoms with Gasteiger partial charge in [0.05, 0.1) is 12.6 Å². The second-order valence-electron chi connectivity index (χ2n) is 8.21. The van der Waals surface area contributed by atoms with Crippen molar-refractivity contribution in [1.82, 2.24) is 10.2 Å². The smallest absolute Gasteiger partial charge is 0.417 e. The fourth-order valence-electron chi connectivity index (χ4n) is 2.47. The first-order valence-electron chi connectivity index (χ1n) is 8.68. The fourth-order valence-corrected chi connectivity index (χ4v) is 3.03. The summed E-state index contributed by atoms with van der Waals surface area (Å²) in [6, 6.07) is 7.44. The van der Waals surface area contributed by atoms with E-state index in [0.29, 0.717) is 6.54 Å². The number of aliphatic imine (C=N–C) groups is 1. The van der Waals surface area contributed by atoms with Gasteiger partial charge in [0.2, 0.25) is 5.96 Å². The maximum Gasteiger partial charge on any atom is 0.417 e. The van der Waals surface area contributed by atoms with Crippen LogP contribution in [0, 0.1) is 3.57 Å². The Morgan fingerprint density at radius 2 is 1.78 bits per heavy atom. The summed E-state index contributed by atoms with van der Waals surface area (Å²) in [6.45, 7) is 11.0. The largest absolute Gasteiger partial charge is 0.444 e. The number of ether oxygens (including phenoxy) is 2. The zero-order valence-corrected chi connectivity index (χ0v) is 18.7. The molecule has 1 atom stereocenters. The number of guanidine groups is 1. The molecule has 1 heterocycles. The molecule has 8 heteroatoms. The van der Waals surface area contributed by atoms with Crippen LogP contribution in [0.15, 0.2) is 29.3 Å². The molecule has 7 nitrogen and oxygen atoms in total. The van der Waals surface area contributed by atoms with E-state index in [4.69, 9.17) is 9.47 Å². The van der Waals surface area contributed by atoms with Gasteiger partial charge in [-0.05, 0) is 81.8 Å². The van der Waals surface area contributed by atoms with Crippen LogP contribution < -0.4 is 5.32 Å². The van der Waals surface area contributed by atoms with Crippen LogP contribution in [0.25, 0.3) is 0 Å². The molecular formula is C19H26IN3O4. The van der Waals surface area contributed by atoms with Gasteiger partial charge in [0.15, 0.2) is 0 Å². The molecule has 2 amide bonds. The second-order valence-corrected chi connectivity index (χ2v) is 9.46. The molecule has 148 valence electrons. The SMILES string of the molecule is CC(C)(C)OC(=O)NC1=NCC(c2cccc(I)c2)N1C(=O)OC(C)(C)C. The molecular weight excluding hydrogens is 461 g/mol. The topological polar surface area (TPSA) is 80.2 Å². The first-order chi connectivity index (χ1) is 12.4. The van der Waals surface area contributed by atoms with E-state index in [9.17, 15) is 9.59 Å². The number of carbonyl (C=O) groups is 2. The Hall–Kier alpha value is -1.84. The molecule has 0 saturated heterocycles. The molecule has 1 aliphatic rings. The first-order valence-corrected chi connectivity index (χ1v) is 9.76. The van der Waals surface area contributed by atoms with Gasteiger partial charge in [-0.15, -0.1) is 0 Å². The van der Waals surface area contributed by atoms with Crippen molar-refractivity contribution in [2.24, 2.45) is 4.99 Å². The highest BCUT2D eigenvalue weighted by atomic mass is 127. The van der Waals surface area contributed by atoms with Crippen molar-refractivity contribution in [3.63, 3.8) is 0 Å². The molecule has 1 aromatic carbocycles. The molecule has 2 rings (SSSR count). The number of halogens is 1. The van der Waals surface area contributed by atoms with Gasteiger partial charge in [0, 0.05) is 3.57 Å². The molecule has 1 N–H and O–H groups in total. The minimum atomic E-state index is -0.674. The van der Waals surface area contributed by atoms with E-state index >= 15 is 0 Å². The summed E-state index contributed by atoms with van der Waals surface area (Å²) >= 11 is 2.22. The number of rotatable bonds is 1. The van der Waals surface area contributed by atoms with Gasteiger partial charge < -0.3 is 9.47 Å². The van der Waals surface area contributed by atoms with E-state index < -0.39 is 23.4 Å². The second kappa shape index (κ2) is 8.04. The highest BCUT2D eigenvalue weighted by molar-refractivity contribution is 14.1. The van der Waals surface area contributed by atoms with E-state index in [0.717, 1.165) is 9.13 Å². The van der Waals surface area contributed by atoms with Gasteiger partial charge in [0.1, 0.15) is 11.2 Å². The first kappa shape index (κ1) is 21.5. The van der Waals surface area contributed by atoms with Crippen LogP contribution >= 0.6 is 22.6 Å². The van der Waals surface area contributed by atoms with Crippen molar-refractivity contribution in [2.45, 2.75) is 58.8 Å². The minimum absolute atomic E-state index is 0.127. The number of hydrogen-bond donors (Lipinski definition) is 1. The predicted octanol–water partition coefficient (Wildman–Crippen LogP) is 4.46. The summed E-state index contributed by atoms with van der Waals surface area (Å²) in [4.78, 5) is 30.7. The molecule has 0 aromatic heterocycles. The predicted molar refractivity (Wildman–Crippen MR) is 112 cm³/mol. The molecule has 1 unspecified atom stereocenters. The van der Waals surface area contributed by atoms with Crippen molar-refractivity contribution in [3.8, 4) is 0 Å². The van der Waals surface area contributed by atoms with Gasteiger partial charge in [-0.2, -0.15) is 0 Å². The Bertz CT molecular complexity index is 750. The fraction of sp³-hybridized carbons (Fsp3) is 0.526. The maximum absolute atomic E-state index is 12.8. The van der Waals surface area contributed by atoms with Gasteiger partial charge in [-0.25, -0.2) is 19.5 Å². The van der Waals surface area contributed by atoms with E-state index in [1.165, 1.54) is 4.90 Å². The third-order valence-corrected chi connectivity index (χ3v) is 4.06. The Labute approximate surface area is 173 Å². The Kier molecular flexibility index (Phi) is 6.39. The third kappa shape index (κ3) is 6.37. The summed E-state index contributed by atoms with van der Waals surface area (Å²) in [5.41, 5.74) is -0.418. The van der Waals surface area contributed by atoms with Crippen LogP contribution in [-0.4, -0.2) is 40.8 Å². The minimum Gasteiger partial charge on any atom is -0.444 e. The summed E-state index contributed by atoms with van der Waals surface area (Å²) < 4.78 is 11.9. The zero-order valence-electron chi connectivity index (χ0n) is 16.5. The van der Waals surface area contributed by atoms with Crippen molar-refractivity contribution in [1.29, 1.82) is 0 Å². The summed E-state index contributed by atoms with van der Waals surface area (Å²) in [5.74, 6) is 0.127. The van der Waals surface area contributed by atoms with Gasteiger partial charge in [-0.1, -0.05) is 12.1 Å². The lowest BCUT2D eigenvalue weighted by Gasteiger charge is -2.29. The number of alkyl carbamates (subject to hydrolysis) is 1. The van der Waals surface area contributed by atoms with Crippen LogP contribution in [0.2, 0.25) is 0 Å². The molecule has 0 radical (unpaired) electrons. The average Bonchev–Trinajstić information content (AvgIpc) is 2.87. The van der Waals surface area contributed by atoms with Crippen molar-refractivity contribution >= 4 is 40.7 Å².